The summed E-state index contributed by atoms with van der Waals surface area (Å²) in [5.41, 5.74) is 13.0. The molecular formula is C6H17IN4. The first-order chi connectivity index (χ1) is 4.66. The van der Waals surface area contributed by atoms with Crippen LogP contribution in [0.5, 0.6) is 0 Å². The molecular weight excluding hydrogens is 255 g/mol. The van der Waals surface area contributed by atoms with Crippen molar-refractivity contribution in [3.63, 3.8) is 0 Å². The summed E-state index contributed by atoms with van der Waals surface area (Å²) in [6, 6.07) is 0.354. The molecule has 0 fully saturated rings. The second-order valence-electron chi connectivity index (χ2n) is 2.36. The molecule has 0 heterocycles. The van der Waals surface area contributed by atoms with Crippen LogP contribution in [-0.4, -0.2) is 12.0 Å². The van der Waals surface area contributed by atoms with Gasteiger partial charge in [-0.1, -0.05) is 13.3 Å². The molecule has 68 valence electrons. The van der Waals surface area contributed by atoms with Gasteiger partial charge in [0, 0.05) is 6.04 Å². The minimum atomic E-state index is 0. The SMILES string of the molecule is CCCC(C)NN=C(N)N.I. The third kappa shape index (κ3) is 9.80. The summed E-state index contributed by atoms with van der Waals surface area (Å²) in [6.45, 7) is 4.16. The van der Waals surface area contributed by atoms with Gasteiger partial charge in [0.05, 0.1) is 0 Å². The van der Waals surface area contributed by atoms with Crippen molar-refractivity contribution >= 4 is 29.9 Å². The maximum Gasteiger partial charge on any atom is 0.208 e. The molecule has 0 amide bonds. The Bertz CT molecular complexity index is 111. The third-order valence-corrected chi connectivity index (χ3v) is 1.14. The van der Waals surface area contributed by atoms with Gasteiger partial charge in [-0.05, 0) is 13.3 Å². The molecule has 11 heavy (non-hydrogen) atoms. The quantitative estimate of drug-likeness (QED) is 0.303. The highest BCUT2D eigenvalue weighted by Gasteiger charge is 1.95. The fourth-order valence-electron chi connectivity index (χ4n) is 0.682. The van der Waals surface area contributed by atoms with Gasteiger partial charge >= 0.3 is 0 Å². The van der Waals surface area contributed by atoms with E-state index in [0.717, 1.165) is 12.8 Å². The van der Waals surface area contributed by atoms with E-state index >= 15 is 0 Å². The fraction of sp³-hybridized carbons (Fsp3) is 0.833. The molecule has 0 aromatic carbocycles. The second kappa shape index (κ2) is 7.90. The van der Waals surface area contributed by atoms with E-state index < -0.39 is 0 Å². The number of hydrogen-bond acceptors (Lipinski definition) is 2. The lowest BCUT2D eigenvalue weighted by molar-refractivity contribution is 0.527. The lowest BCUT2D eigenvalue weighted by Crippen LogP contribution is -2.29. The summed E-state index contributed by atoms with van der Waals surface area (Å²) in [5, 5.41) is 3.67. The van der Waals surface area contributed by atoms with E-state index in [1.165, 1.54) is 0 Å². The van der Waals surface area contributed by atoms with Crippen molar-refractivity contribution in [1.82, 2.24) is 5.43 Å². The average Bonchev–Trinajstić information content (AvgIpc) is 1.85. The van der Waals surface area contributed by atoms with Crippen molar-refractivity contribution in [2.45, 2.75) is 32.7 Å². The molecule has 0 bridgehead atoms. The number of nitrogens with two attached hydrogens (primary N) is 2. The molecule has 0 rings (SSSR count). The zero-order valence-corrected chi connectivity index (χ0v) is 9.33. The number of guanidine groups is 1. The van der Waals surface area contributed by atoms with Gasteiger partial charge in [-0.25, -0.2) is 0 Å². The van der Waals surface area contributed by atoms with Crippen LogP contribution in [-0.2, 0) is 0 Å². The highest BCUT2D eigenvalue weighted by atomic mass is 127. The standard InChI is InChI=1S/C6H16N4.HI/c1-3-4-5(2)9-10-6(7)8;/h5,9H,3-4H2,1-2H3,(H4,7,8,10);1H. The lowest BCUT2D eigenvalue weighted by atomic mass is 10.2. The first-order valence-corrected chi connectivity index (χ1v) is 3.51. The molecule has 0 aliphatic rings. The molecule has 0 aromatic rings. The summed E-state index contributed by atoms with van der Waals surface area (Å²) in [7, 11) is 0. The maximum absolute atomic E-state index is 5.10. The third-order valence-electron chi connectivity index (χ3n) is 1.14. The van der Waals surface area contributed by atoms with Gasteiger partial charge in [0.25, 0.3) is 0 Å². The van der Waals surface area contributed by atoms with Crippen molar-refractivity contribution in [3.05, 3.63) is 0 Å². The Morgan fingerprint density at radius 3 is 2.45 bits per heavy atom. The molecule has 0 radical (unpaired) electrons. The monoisotopic (exact) mass is 272 g/mol. The minimum absolute atomic E-state index is 0. The summed E-state index contributed by atoms with van der Waals surface area (Å²) >= 11 is 0. The Hall–Kier alpha value is -0.200. The number of hydrazone groups is 1. The smallest absolute Gasteiger partial charge is 0.208 e. The van der Waals surface area contributed by atoms with E-state index in [0.29, 0.717) is 6.04 Å². The number of nitrogens with one attached hydrogen (secondary N) is 1. The number of hydrogen-bond donors (Lipinski definition) is 3. The van der Waals surface area contributed by atoms with Crippen LogP contribution in [0.4, 0.5) is 0 Å². The molecule has 0 saturated carbocycles. The molecule has 1 atom stereocenters. The van der Waals surface area contributed by atoms with Gasteiger partial charge < -0.3 is 16.9 Å². The molecule has 0 aromatic heterocycles. The lowest BCUT2D eigenvalue weighted by Gasteiger charge is -2.08. The number of nitrogens with zero attached hydrogens (tertiary/aromatic N) is 1. The van der Waals surface area contributed by atoms with Gasteiger partial charge in [-0.3, -0.25) is 0 Å². The van der Waals surface area contributed by atoms with E-state index in [4.69, 9.17) is 11.5 Å². The molecule has 1 unspecified atom stereocenters. The summed E-state index contributed by atoms with van der Waals surface area (Å²) in [6.07, 6.45) is 2.21. The van der Waals surface area contributed by atoms with Crippen molar-refractivity contribution in [3.8, 4) is 0 Å². The van der Waals surface area contributed by atoms with Crippen LogP contribution >= 0.6 is 24.0 Å². The van der Waals surface area contributed by atoms with Crippen molar-refractivity contribution in [2.24, 2.45) is 16.6 Å². The van der Waals surface area contributed by atoms with Crippen LogP contribution in [0.1, 0.15) is 26.7 Å². The fourth-order valence-corrected chi connectivity index (χ4v) is 0.682. The minimum Gasteiger partial charge on any atom is -0.369 e. The zero-order valence-electron chi connectivity index (χ0n) is 7.00. The Morgan fingerprint density at radius 1 is 1.55 bits per heavy atom. The van der Waals surface area contributed by atoms with Gasteiger partial charge in [-0.15, -0.1) is 29.1 Å². The van der Waals surface area contributed by atoms with Gasteiger partial charge in [0.15, 0.2) is 0 Å². The summed E-state index contributed by atoms with van der Waals surface area (Å²) < 4.78 is 0. The Balaban J connectivity index is 0. The normalized spacial score (nSPS) is 11.1. The molecule has 0 aliphatic carbocycles. The molecule has 5 N–H and O–H groups in total. The van der Waals surface area contributed by atoms with Gasteiger partial charge in [0.2, 0.25) is 5.96 Å². The van der Waals surface area contributed by atoms with Gasteiger partial charge in [-0.2, -0.15) is 0 Å². The maximum atomic E-state index is 5.10. The van der Waals surface area contributed by atoms with Crippen LogP contribution in [0.25, 0.3) is 0 Å². The van der Waals surface area contributed by atoms with Crippen molar-refractivity contribution < 1.29 is 0 Å². The van der Waals surface area contributed by atoms with Crippen LogP contribution in [0, 0.1) is 0 Å². The summed E-state index contributed by atoms with van der Waals surface area (Å²) in [5.74, 6) is 0.0861. The first-order valence-electron chi connectivity index (χ1n) is 3.51. The molecule has 0 spiro atoms. The highest BCUT2D eigenvalue weighted by molar-refractivity contribution is 14.0. The zero-order chi connectivity index (χ0) is 7.98. The van der Waals surface area contributed by atoms with E-state index in [9.17, 15) is 0 Å². The van der Waals surface area contributed by atoms with E-state index in [1.54, 1.807) is 0 Å². The van der Waals surface area contributed by atoms with Crippen molar-refractivity contribution in [1.29, 1.82) is 0 Å². The number of rotatable bonds is 4. The molecule has 4 nitrogen and oxygen atoms in total. The van der Waals surface area contributed by atoms with Crippen LogP contribution in [0.3, 0.4) is 0 Å². The highest BCUT2D eigenvalue weighted by Crippen LogP contribution is 1.93. The Kier molecular flexibility index (Phi) is 9.62. The second-order valence-corrected chi connectivity index (χ2v) is 2.36. The number of halogens is 1. The van der Waals surface area contributed by atoms with Crippen LogP contribution in [0.2, 0.25) is 0 Å². The van der Waals surface area contributed by atoms with Crippen LogP contribution in [0.15, 0.2) is 5.10 Å². The molecule has 0 saturated heterocycles. The topological polar surface area (TPSA) is 76.4 Å². The predicted octanol–water partition coefficient (Wildman–Crippen LogP) is 0.571. The van der Waals surface area contributed by atoms with Crippen LogP contribution < -0.4 is 16.9 Å². The van der Waals surface area contributed by atoms with E-state index in [1.807, 2.05) is 6.92 Å². The average molecular weight is 272 g/mol. The largest absolute Gasteiger partial charge is 0.369 e. The Morgan fingerprint density at radius 2 is 2.09 bits per heavy atom. The van der Waals surface area contributed by atoms with Gasteiger partial charge in [0.1, 0.15) is 0 Å². The molecule has 0 aliphatic heterocycles. The van der Waals surface area contributed by atoms with E-state index in [2.05, 4.69) is 17.5 Å². The first kappa shape index (κ1) is 13.4. The van der Waals surface area contributed by atoms with E-state index in [-0.39, 0.29) is 29.9 Å². The Labute approximate surface area is 84.8 Å². The predicted molar refractivity (Wildman–Crippen MR) is 58.7 cm³/mol. The molecule has 5 heteroatoms. The summed E-state index contributed by atoms with van der Waals surface area (Å²) in [4.78, 5) is 0. The van der Waals surface area contributed by atoms with Crippen molar-refractivity contribution in [2.75, 3.05) is 0 Å².